The van der Waals surface area contributed by atoms with Crippen LogP contribution in [0, 0.1) is 6.92 Å². The average Bonchev–Trinajstić information content (AvgIpc) is 3.27. The van der Waals surface area contributed by atoms with Gasteiger partial charge >= 0.3 is 5.97 Å². The minimum atomic E-state index is -0.757. The molecule has 1 aliphatic heterocycles. The zero-order chi connectivity index (χ0) is 16.4. The predicted octanol–water partition coefficient (Wildman–Crippen LogP) is 3.35. The van der Waals surface area contributed by atoms with Gasteiger partial charge in [0, 0.05) is 13.1 Å². The van der Waals surface area contributed by atoms with Crippen LogP contribution < -0.4 is 0 Å². The van der Waals surface area contributed by atoms with Gasteiger partial charge in [-0.2, -0.15) is 0 Å². The lowest BCUT2D eigenvalue weighted by Crippen LogP contribution is -2.38. The maximum atomic E-state index is 12.4. The molecule has 0 aliphatic carbocycles. The second kappa shape index (κ2) is 6.80. The number of amides is 1. The van der Waals surface area contributed by atoms with E-state index in [0.29, 0.717) is 10.6 Å². The molecule has 23 heavy (non-hydrogen) atoms. The SMILES string of the molecule is Cc1nc(-c2cccs2)sc1C(=O)OC(C)C(=O)N1CCCC1. The van der Waals surface area contributed by atoms with Gasteiger partial charge in [0.2, 0.25) is 0 Å². The second-order valence-electron chi connectivity index (χ2n) is 5.49. The molecule has 122 valence electrons. The molecule has 5 nitrogen and oxygen atoms in total. The van der Waals surface area contributed by atoms with E-state index in [2.05, 4.69) is 4.98 Å². The molecule has 1 aliphatic rings. The third kappa shape index (κ3) is 3.45. The monoisotopic (exact) mass is 350 g/mol. The van der Waals surface area contributed by atoms with E-state index in [9.17, 15) is 9.59 Å². The fourth-order valence-electron chi connectivity index (χ4n) is 2.55. The minimum Gasteiger partial charge on any atom is -0.448 e. The van der Waals surface area contributed by atoms with Crippen LogP contribution in [0.2, 0.25) is 0 Å². The average molecular weight is 350 g/mol. The van der Waals surface area contributed by atoms with Gasteiger partial charge in [0.1, 0.15) is 9.88 Å². The van der Waals surface area contributed by atoms with Crippen molar-refractivity contribution >= 4 is 34.6 Å². The van der Waals surface area contributed by atoms with E-state index in [-0.39, 0.29) is 5.91 Å². The highest BCUT2D eigenvalue weighted by molar-refractivity contribution is 7.22. The number of hydrogen-bond acceptors (Lipinski definition) is 6. The standard InChI is InChI=1S/C16H18N2O3S2/c1-10-13(23-14(17-10)12-6-5-9-22-12)16(20)21-11(2)15(19)18-7-3-4-8-18/h5-6,9,11H,3-4,7-8H2,1-2H3. The van der Waals surface area contributed by atoms with Crippen LogP contribution in [-0.2, 0) is 9.53 Å². The van der Waals surface area contributed by atoms with Crippen LogP contribution >= 0.6 is 22.7 Å². The van der Waals surface area contributed by atoms with Gasteiger partial charge in [-0.05, 0) is 38.1 Å². The van der Waals surface area contributed by atoms with Crippen LogP contribution in [0.15, 0.2) is 17.5 Å². The van der Waals surface area contributed by atoms with Gasteiger partial charge in [-0.3, -0.25) is 4.79 Å². The van der Waals surface area contributed by atoms with Crippen molar-refractivity contribution in [2.24, 2.45) is 0 Å². The number of likely N-dealkylation sites (tertiary alicyclic amines) is 1. The molecule has 2 aromatic heterocycles. The van der Waals surface area contributed by atoms with Crippen molar-refractivity contribution in [3.8, 4) is 9.88 Å². The van der Waals surface area contributed by atoms with Crippen LogP contribution in [0.3, 0.4) is 0 Å². The van der Waals surface area contributed by atoms with Gasteiger partial charge in [0.05, 0.1) is 10.6 Å². The third-order valence-corrected chi connectivity index (χ3v) is 5.94. The van der Waals surface area contributed by atoms with E-state index in [0.717, 1.165) is 35.8 Å². The molecule has 1 atom stereocenters. The summed E-state index contributed by atoms with van der Waals surface area (Å²) in [5, 5.41) is 2.78. The van der Waals surface area contributed by atoms with Crippen LogP contribution in [0.5, 0.6) is 0 Å². The van der Waals surface area contributed by atoms with E-state index < -0.39 is 12.1 Å². The number of aryl methyl sites for hydroxylation is 1. The Morgan fingerprint density at radius 2 is 2.09 bits per heavy atom. The molecule has 0 aromatic carbocycles. The fraction of sp³-hybridized carbons (Fsp3) is 0.438. The molecule has 3 rings (SSSR count). The summed E-state index contributed by atoms with van der Waals surface area (Å²) in [6.45, 7) is 4.93. The molecule has 1 fully saturated rings. The van der Waals surface area contributed by atoms with Gasteiger partial charge in [-0.1, -0.05) is 6.07 Å². The topological polar surface area (TPSA) is 59.5 Å². The van der Waals surface area contributed by atoms with E-state index in [1.165, 1.54) is 11.3 Å². The molecule has 7 heteroatoms. The lowest BCUT2D eigenvalue weighted by molar-refractivity contribution is -0.138. The first-order chi connectivity index (χ1) is 11.1. The van der Waals surface area contributed by atoms with E-state index in [1.54, 1.807) is 30.1 Å². The largest absolute Gasteiger partial charge is 0.448 e. The first-order valence-corrected chi connectivity index (χ1v) is 9.27. The molecule has 1 amide bonds. The van der Waals surface area contributed by atoms with E-state index >= 15 is 0 Å². The quantitative estimate of drug-likeness (QED) is 0.794. The third-order valence-electron chi connectivity index (χ3n) is 3.76. The summed E-state index contributed by atoms with van der Waals surface area (Å²) in [6.07, 6.45) is 1.28. The lowest BCUT2D eigenvalue weighted by Gasteiger charge is -2.20. The van der Waals surface area contributed by atoms with Crippen LogP contribution in [0.1, 0.15) is 35.1 Å². The van der Waals surface area contributed by atoms with Crippen molar-refractivity contribution in [1.29, 1.82) is 0 Å². The van der Waals surface area contributed by atoms with Gasteiger partial charge in [-0.15, -0.1) is 22.7 Å². The predicted molar refractivity (Wildman–Crippen MR) is 90.9 cm³/mol. The lowest BCUT2D eigenvalue weighted by atomic mass is 10.3. The molecular formula is C16H18N2O3S2. The number of esters is 1. The Balaban J connectivity index is 1.69. The van der Waals surface area contributed by atoms with E-state index in [4.69, 9.17) is 4.74 Å². The maximum Gasteiger partial charge on any atom is 0.351 e. The number of rotatable bonds is 4. The molecule has 0 spiro atoms. The number of aromatic nitrogens is 1. The van der Waals surface area contributed by atoms with Crippen molar-refractivity contribution < 1.29 is 14.3 Å². The summed E-state index contributed by atoms with van der Waals surface area (Å²) < 4.78 is 5.37. The van der Waals surface area contributed by atoms with Crippen LogP contribution in [-0.4, -0.2) is 41.0 Å². The molecule has 0 bridgehead atoms. The normalized spacial score (nSPS) is 15.7. The number of hydrogen-bond donors (Lipinski definition) is 0. The number of ether oxygens (including phenoxy) is 1. The molecule has 0 radical (unpaired) electrons. The summed E-state index contributed by atoms with van der Waals surface area (Å²) in [5.41, 5.74) is 0.643. The highest BCUT2D eigenvalue weighted by Gasteiger charge is 2.27. The summed E-state index contributed by atoms with van der Waals surface area (Å²) in [4.78, 5) is 32.3. The van der Waals surface area contributed by atoms with Crippen molar-refractivity contribution in [2.45, 2.75) is 32.8 Å². The fourth-order valence-corrected chi connectivity index (χ4v) is 4.30. The molecular weight excluding hydrogens is 332 g/mol. The first kappa shape index (κ1) is 16.1. The smallest absolute Gasteiger partial charge is 0.351 e. The summed E-state index contributed by atoms with van der Waals surface area (Å²) in [6, 6.07) is 3.92. The summed E-state index contributed by atoms with van der Waals surface area (Å²) in [7, 11) is 0. The molecule has 0 N–H and O–H groups in total. The van der Waals surface area contributed by atoms with Crippen LogP contribution in [0.4, 0.5) is 0 Å². The molecule has 3 heterocycles. The second-order valence-corrected chi connectivity index (χ2v) is 7.44. The maximum absolute atomic E-state index is 12.4. The van der Waals surface area contributed by atoms with Crippen LogP contribution in [0.25, 0.3) is 9.88 Å². The number of nitrogens with zero attached hydrogens (tertiary/aromatic N) is 2. The number of thiophene rings is 1. The number of thiazole rings is 1. The Bertz CT molecular complexity index is 703. The molecule has 1 unspecified atom stereocenters. The molecule has 2 aromatic rings. The minimum absolute atomic E-state index is 0.114. The zero-order valence-electron chi connectivity index (χ0n) is 13.1. The van der Waals surface area contributed by atoms with Crippen molar-refractivity contribution in [3.63, 3.8) is 0 Å². The van der Waals surface area contributed by atoms with Crippen molar-refractivity contribution in [3.05, 3.63) is 28.1 Å². The first-order valence-electron chi connectivity index (χ1n) is 7.57. The van der Waals surface area contributed by atoms with Gasteiger partial charge in [0.25, 0.3) is 5.91 Å². The Morgan fingerprint density at radius 3 is 2.74 bits per heavy atom. The number of carbonyl (C=O) groups is 2. The van der Waals surface area contributed by atoms with E-state index in [1.807, 2.05) is 17.5 Å². The highest BCUT2D eigenvalue weighted by atomic mass is 32.1. The Morgan fingerprint density at radius 1 is 1.35 bits per heavy atom. The van der Waals surface area contributed by atoms with Gasteiger partial charge < -0.3 is 9.64 Å². The summed E-state index contributed by atoms with van der Waals surface area (Å²) in [5.74, 6) is -0.584. The Hall–Kier alpha value is -1.73. The van der Waals surface area contributed by atoms with Crippen molar-refractivity contribution in [1.82, 2.24) is 9.88 Å². The summed E-state index contributed by atoms with van der Waals surface area (Å²) >= 11 is 2.89. The Labute approximate surface area is 142 Å². The Kier molecular flexibility index (Phi) is 4.77. The molecule has 0 saturated carbocycles. The highest BCUT2D eigenvalue weighted by Crippen LogP contribution is 2.31. The molecule has 1 saturated heterocycles. The van der Waals surface area contributed by atoms with Gasteiger partial charge in [0.15, 0.2) is 6.10 Å². The van der Waals surface area contributed by atoms with Crippen molar-refractivity contribution in [2.75, 3.05) is 13.1 Å². The number of carbonyl (C=O) groups excluding carboxylic acids is 2. The zero-order valence-corrected chi connectivity index (χ0v) is 14.7. The van der Waals surface area contributed by atoms with Gasteiger partial charge in [-0.25, -0.2) is 9.78 Å².